The van der Waals surface area contributed by atoms with Gasteiger partial charge in [-0.05, 0) is 5.54 Å². The summed E-state index contributed by atoms with van der Waals surface area (Å²) in [6.45, 7) is 6.00. The van der Waals surface area contributed by atoms with Crippen molar-refractivity contribution >= 4 is 19.2 Å². The molecule has 0 bridgehead atoms. The van der Waals surface area contributed by atoms with Gasteiger partial charge in [0.15, 0.2) is 0 Å². The van der Waals surface area contributed by atoms with Crippen molar-refractivity contribution < 1.29 is 14.4 Å². The van der Waals surface area contributed by atoms with Gasteiger partial charge in [0, 0.05) is 5.82 Å². The van der Waals surface area contributed by atoms with E-state index in [-0.39, 0.29) is 0 Å². The first kappa shape index (κ1) is 11.7. The Balaban J connectivity index is 0. The molecule has 0 atom stereocenters. The van der Waals surface area contributed by atoms with E-state index in [1.54, 1.807) is 0 Å². The van der Waals surface area contributed by atoms with Crippen LogP contribution >= 0.6 is 19.2 Å². The van der Waals surface area contributed by atoms with E-state index in [2.05, 4.69) is 13.2 Å². The maximum Gasteiger partial charge on any atom is 0.348 e. The number of halogens is 1. The zero-order chi connectivity index (χ0) is 7.91. The lowest BCUT2D eigenvalue weighted by molar-refractivity contribution is 0.386. The summed E-state index contributed by atoms with van der Waals surface area (Å²) < 4.78 is 9.58. The molecule has 0 aliphatic carbocycles. The minimum Gasteiger partial charge on any atom is -0.321 e. The van der Waals surface area contributed by atoms with Crippen molar-refractivity contribution in [1.82, 2.24) is 0 Å². The largest absolute Gasteiger partial charge is 0.348 e. The van der Waals surface area contributed by atoms with Crippen molar-refractivity contribution in [3.63, 3.8) is 0 Å². The molecule has 0 aromatic heterocycles. The highest BCUT2D eigenvalue weighted by Crippen LogP contribution is 2.34. The summed E-state index contributed by atoms with van der Waals surface area (Å²) in [6.07, 6.45) is 0. The summed E-state index contributed by atoms with van der Waals surface area (Å²) in [5.74, 6) is 0.604. The van der Waals surface area contributed by atoms with E-state index in [9.17, 15) is 4.57 Å². The van der Waals surface area contributed by atoms with Crippen LogP contribution in [0.25, 0.3) is 0 Å². The van der Waals surface area contributed by atoms with Crippen LogP contribution in [0.5, 0.6) is 0 Å². The Morgan fingerprint density at radius 1 is 1.44 bits per heavy atom. The summed E-state index contributed by atoms with van der Waals surface area (Å²) in [5, 5.41) is 0. The minimum atomic E-state index is -3.88. The highest BCUT2D eigenvalue weighted by molar-refractivity contribution is 7.55. The van der Waals surface area contributed by atoms with Gasteiger partial charge in [0.25, 0.3) is 0 Å². The number of hydrogen-bond donors (Lipinski definition) is 2. The highest BCUT2D eigenvalue weighted by atomic mass is 35.5. The van der Waals surface area contributed by atoms with E-state index in [0.29, 0.717) is 5.82 Å². The lowest BCUT2D eigenvalue weighted by atomic mass is 11.3. The van der Waals surface area contributed by atoms with Crippen molar-refractivity contribution in [3.8, 4) is 0 Å². The second kappa shape index (κ2) is 6.05. The predicted octanol–water partition coefficient (Wildman–Crippen LogP) is 1.68. The Labute approximate surface area is 58.8 Å². The zero-order valence-corrected chi connectivity index (χ0v) is 6.35. The summed E-state index contributed by atoms with van der Waals surface area (Å²) in [4.78, 5) is 15.6. The van der Waals surface area contributed by atoms with Gasteiger partial charge in [0.05, 0.1) is 0 Å². The van der Waals surface area contributed by atoms with Crippen LogP contribution in [0.3, 0.4) is 0 Å². The Morgan fingerprint density at radius 2 is 1.56 bits per heavy atom. The van der Waals surface area contributed by atoms with E-state index in [1.807, 2.05) is 0 Å². The molecule has 0 amide bonds. The van der Waals surface area contributed by atoms with Crippen LogP contribution in [0.4, 0.5) is 0 Å². The van der Waals surface area contributed by atoms with Crippen molar-refractivity contribution in [3.05, 3.63) is 24.5 Å². The minimum absolute atomic E-state index is 0.604. The first-order chi connectivity index (χ1) is 3.97. The Bertz CT molecular complexity index is 128. The molecule has 2 N–H and O–H groups in total. The monoisotopic (exact) mass is 170 g/mol. The van der Waals surface area contributed by atoms with Crippen molar-refractivity contribution in [2.45, 2.75) is 0 Å². The summed E-state index contributed by atoms with van der Waals surface area (Å²) in [5.41, 5.74) is 1.22. The molecule has 0 saturated carbocycles. The molecule has 0 radical (unpaired) electrons. The van der Waals surface area contributed by atoms with Gasteiger partial charge in [0.2, 0.25) is 0 Å². The first-order valence-electron chi connectivity index (χ1n) is 1.88. The van der Waals surface area contributed by atoms with Crippen LogP contribution < -0.4 is 0 Å². The molecule has 0 unspecified atom stereocenters. The third-order valence-corrected chi connectivity index (χ3v) is 0.714. The molecule has 0 spiro atoms. The molecular weight excluding hydrogens is 162 g/mol. The highest BCUT2D eigenvalue weighted by Gasteiger charge is 2.00. The maximum atomic E-state index is 9.58. The fraction of sp³-hybridized carbons (Fsp3) is 0. The molecule has 0 aromatic carbocycles. The molecular formula is C4H8ClO3P. The van der Waals surface area contributed by atoms with Gasteiger partial charge >= 0.3 is 7.60 Å². The van der Waals surface area contributed by atoms with Gasteiger partial charge in [-0.2, -0.15) is 0 Å². The zero-order valence-electron chi connectivity index (χ0n) is 4.70. The standard InChI is InChI=1S/C2H3Cl.C2H5O3P/c1-2-3;1-2-6(3,4)5/h2H,1H2;2H,1H2,(H2,3,4,5). The van der Waals surface area contributed by atoms with E-state index >= 15 is 0 Å². The van der Waals surface area contributed by atoms with Gasteiger partial charge in [-0.1, -0.05) is 24.8 Å². The Kier molecular flexibility index (Phi) is 7.85. The second-order valence-corrected chi connectivity index (χ2v) is 2.78. The molecule has 0 fully saturated rings. The van der Waals surface area contributed by atoms with Gasteiger partial charge in [-0.3, -0.25) is 4.57 Å². The summed E-state index contributed by atoms with van der Waals surface area (Å²) >= 11 is 4.76. The lowest BCUT2D eigenvalue weighted by Gasteiger charge is -1.87. The van der Waals surface area contributed by atoms with Crippen LogP contribution in [0.2, 0.25) is 0 Å². The van der Waals surface area contributed by atoms with E-state index in [1.165, 1.54) is 5.54 Å². The van der Waals surface area contributed by atoms with E-state index in [4.69, 9.17) is 21.4 Å². The normalized spacial score (nSPS) is 8.78. The summed E-state index contributed by atoms with van der Waals surface area (Å²) in [7, 11) is -3.88. The average Bonchev–Trinajstić information content (AvgIpc) is 1.67. The van der Waals surface area contributed by atoms with E-state index in [0.717, 1.165) is 0 Å². The van der Waals surface area contributed by atoms with Crippen LogP contribution in [-0.2, 0) is 4.57 Å². The van der Waals surface area contributed by atoms with Crippen LogP contribution in [0, 0.1) is 0 Å². The maximum absolute atomic E-state index is 9.58. The molecule has 0 saturated heterocycles. The quantitative estimate of drug-likeness (QED) is 0.589. The van der Waals surface area contributed by atoms with Crippen molar-refractivity contribution in [2.75, 3.05) is 0 Å². The van der Waals surface area contributed by atoms with Crippen LogP contribution in [0.15, 0.2) is 24.5 Å². The third-order valence-electron chi connectivity index (χ3n) is 0.238. The van der Waals surface area contributed by atoms with E-state index < -0.39 is 7.60 Å². The fourth-order valence-corrected chi connectivity index (χ4v) is 0. The summed E-state index contributed by atoms with van der Waals surface area (Å²) in [6, 6.07) is 0. The Hall–Kier alpha value is -0.0800. The smallest absolute Gasteiger partial charge is 0.321 e. The molecule has 0 aliphatic heterocycles. The average molecular weight is 171 g/mol. The third kappa shape index (κ3) is 32.6. The van der Waals surface area contributed by atoms with Crippen molar-refractivity contribution in [1.29, 1.82) is 0 Å². The molecule has 0 aromatic rings. The number of rotatable bonds is 1. The molecule has 0 aliphatic rings. The Morgan fingerprint density at radius 3 is 1.56 bits per heavy atom. The number of hydrogen-bond acceptors (Lipinski definition) is 1. The van der Waals surface area contributed by atoms with Gasteiger partial charge in [0.1, 0.15) is 0 Å². The SMILES string of the molecule is C=CCl.C=CP(=O)(O)O. The van der Waals surface area contributed by atoms with Gasteiger partial charge in [-0.15, -0.1) is 0 Å². The first-order valence-corrected chi connectivity index (χ1v) is 3.99. The van der Waals surface area contributed by atoms with Crippen LogP contribution in [-0.4, -0.2) is 9.79 Å². The predicted molar refractivity (Wildman–Crippen MR) is 38.3 cm³/mol. The topological polar surface area (TPSA) is 57.5 Å². The molecule has 54 valence electrons. The second-order valence-electron chi connectivity index (χ2n) is 0.926. The van der Waals surface area contributed by atoms with Crippen LogP contribution in [0.1, 0.15) is 0 Å². The molecule has 9 heavy (non-hydrogen) atoms. The lowest BCUT2D eigenvalue weighted by Crippen LogP contribution is -1.63. The molecule has 5 heteroatoms. The molecule has 3 nitrogen and oxygen atoms in total. The molecule has 0 rings (SSSR count). The van der Waals surface area contributed by atoms with Gasteiger partial charge < -0.3 is 9.79 Å². The fourth-order valence-electron chi connectivity index (χ4n) is 0. The molecule has 0 heterocycles. The van der Waals surface area contributed by atoms with Crippen molar-refractivity contribution in [2.24, 2.45) is 0 Å². The van der Waals surface area contributed by atoms with Gasteiger partial charge in [-0.25, -0.2) is 0 Å².